The molecular weight excluding hydrogens is 206 g/mol. The second kappa shape index (κ2) is 3.44. The van der Waals surface area contributed by atoms with Gasteiger partial charge in [-0.1, -0.05) is 20.8 Å². The lowest BCUT2D eigenvalue weighted by Gasteiger charge is -2.36. The van der Waals surface area contributed by atoms with Crippen molar-refractivity contribution >= 4 is 23.0 Å². The standard InChI is InChI=1S/C11H19N3S/c1-6-8-4-7(11(6,2)3)5-9(8)13-14-10(12)15/h6-8H,4-5H2,1-3H3,(H3,12,14,15)/b13-9-/t6-,7-,8-/m1/s1. The van der Waals surface area contributed by atoms with E-state index in [-0.39, 0.29) is 5.11 Å². The number of nitrogens with two attached hydrogens (primary N) is 1. The number of hydrogen-bond acceptors (Lipinski definition) is 2. The lowest BCUT2D eigenvalue weighted by atomic mass is 9.69. The molecule has 0 aromatic rings. The molecule has 0 aromatic carbocycles. The highest BCUT2D eigenvalue weighted by Gasteiger charge is 2.53. The Kier molecular flexibility index (Phi) is 2.49. The number of rotatable bonds is 1. The monoisotopic (exact) mass is 225 g/mol. The summed E-state index contributed by atoms with van der Waals surface area (Å²) in [5.41, 5.74) is 9.82. The largest absolute Gasteiger partial charge is 0.375 e. The first-order valence-electron chi connectivity index (χ1n) is 5.55. The molecule has 2 rings (SSSR count). The summed E-state index contributed by atoms with van der Waals surface area (Å²) in [5, 5.41) is 4.58. The van der Waals surface area contributed by atoms with E-state index in [1.54, 1.807) is 0 Å². The molecule has 0 heterocycles. The van der Waals surface area contributed by atoms with Crippen LogP contribution in [0.5, 0.6) is 0 Å². The number of nitrogens with zero attached hydrogens (tertiary/aromatic N) is 1. The van der Waals surface area contributed by atoms with Crippen LogP contribution in [-0.2, 0) is 0 Å². The van der Waals surface area contributed by atoms with Crippen molar-refractivity contribution in [3.8, 4) is 0 Å². The molecule has 0 radical (unpaired) electrons. The Balaban J connectivity index is 2.12. The van der Waals surface area contributed by atoms with Crippen LogP contribution in [0.2, 0.25) is 0 Å². The molecule has 4 heteroatoms. The van der Waals surface area contributed by atoms with Crippen LogP contribution in [0, 0.1) is 23.2 Å². The summed E-state index contributed by atoms with van der Waals surface area (Å²) >= 11 is 4.75. The predicted octanol–water partition coefficient (Wildman–Crippen LogP) is 1.88. The molecule has 0 saturated heterocycles. The van der Waals surface area contributed by atoms with Gasteiger partial charge in [-0.25, -0.2) is 0 Å². The maximum Gasteiger partial charge on any atom is 0.184 e. The van der Waals surface area contributed by atoms with Gasteiger partial charge >= 0.3 is 0 Å². The summed E-state index contributed by atoms with van der Waals surface area (Å²) < 4.78 is 0. The summed E-state index contributed by atoms with van der Waals surface area (Å²) in [6.07, 6.45) is 2.39. The molecular formula is C11H19N3S. The van der Waals surface area contributed by atoms with E-state index in [0.29, 0.717) is 17.3 Å². The van der Waals surface area contributed by atoms with Crippen molar-refractivity contribution in [2.45, 2.75) is 33.6 Å². The van der Waals surface area contributed by atoms with Crippen LogP contribution in [0.3, 0.4) is 0 Å². The van der Waals surface area contributed by atoms with Gasteiger partial charge in [0.05, 0.1) is 0 Å². The Bertz CT molecular complexity index is 318. The molecule has 2 bridgehead atoms. The van der Waals surface area contributed by atoms with Crippen molar-refractivity contribution in [3.05, 3.63) is 0 Å². The molecule has 15 heavy (non-hydrogen) atoms. The van der Waals surface area contributed by atoms with Crippen molar-refractivity contribution < 1.29 is 0 Å². The molecule has 84 valence electrons. The van der Waals surface area contributed by atoms with Crippen molar-refractivity contribution in [2.75, 3.05) is 0 Å². The molecule has 0 aromatic heterocycles. The number of hydrazone groups is 1. The summed E-state index contributed by atoms with van der Waals surface area (Å²) in [7, 11) is 0. The minimum absolute atomic E-state index is 0.261. The van der Waals surface area contributed by atoms with Crippen molar-refractivity contribution in [1.82, 2.24) is 5.43 Å². The third-order valence-corrected chi connectivity index (χ3v) is 4.65. The van der Waals surface area contributed by atoms with Gasteiger partial charge in [-0.15, -0.1) is 0 Å². The summed E-state index contributed by atoms with van der Waals surface area (Å²) in [5.74, 6) is 2.12. The maximum absolute atomic E-state index is 5.37. The molecule has 2 aliphatic rings. The zero-order chi connectivity index (χ0) is 11.2. The first-order valence-corrected chi connectivity index (χ1v) is 5.95. The zero-order valence-electron chi connectivity index (χ0n) is 9.58. The normalized spacial score (nSPS) is 39.7. The van der Waals surface area contributed by atoms with Crippen LogP contribution in [0.15, 0.2) is 5.10 Å². The number of hydrogen-bond donors (Lipinski definition) is 2. The van der Waals surface area contributed by atoms with Crippen LogP contribution in [0.1, 0.15) is 33.6 Å². The molecule has 0 spiro atoms. The third kappa shape index (κ3) is 1.65. The van der Waals surface area contributed by atoms with E-state index in [9.17, 15) is 0 Å². The quantitative estimate of drug-likeness (QED) is 0.529. The smallest absolute Gasteiger partial charge is 0.184 e. The average Bonchev–Trinajstić information content (AvgIpc) is 2.64. The van der Waals surface area contributed by atoms with Crippen molar-refractivity contribution in [2.24, 2.45) is 34.0 Å². The van der Waals surface area contributed by atoms with Crippen LogP contribution < -0.4 is 11.2 Å². The summed E-state index contributed by atoms with van der Waals surface area (Å²) in [6.45, 7) is 7.08. The first-order chi connectivity index (χ1) is 6.93. The average molecular weight is 225 g/mol. The lowest BCUT2D eigenvalue weighted by molar-refractivity contribution is 0.182. The summed E-state index contributed by atoms with van der Waals surface area (Å²) in [4.78, 5) is 0. The first kappa shape index (κ1) is 10.9. The van der Waals surface area contributed by atoms with Gasteiger partial charge in [0.15, 0.2) is 5.11 Å². The van der Waals surface area contributed by atoms with E-state index < -0.39 is 0 Å². The Morgan fingerprint density at radius 3 is 2.73 bits per heavy atom. The van der Waals surface area contributed by atoms with Gasteiger partial charge in [-0.3, -0.25) is 5.43 Å². The van der Waals surface area contributed by atoms with Crippen LogP contribution in [-0.4, -0.2) is 10.8 Å². The van der Waals surface area contributed by atoms with Gasteiger partial charge < -0.3 is 5.73 Å². The van der Waals surface area contributed by atoms with E-state index in [0.717, 1.165) is 12.3 Å². The predicted molar refractivity (Wildman–Crippen MR) is 66.5 cm³/mol. The van der Waals surface area contributed by atoms with E-state index in [2.05, 4.69) is 31.3 Å². The van der Waals surface area contributed by atoms with Crippen LogP contribution >= 0.6 is 12.2 Å². The van der Waals surface area contributed by atoms with Gasteiger partial charge in [0, 0.05) is 11.6 Å². The summed E-state index contributed by atoms with van der Waals surface area (Å²) in [6, 6.07) is 0. The second-order valence-corrected chi connectivity index (χ2v) is 5.87. The Labute approximate surface area is 96.5 Å². The van der Waals surface area contributed by atoms with Gasteiger partial charge in [-0.05, 0) is 42.3 Å². The third-order valence-electron chi connectivity index (χ3n) is 4.56. The zero-order valence-corrected chi connectivity index (χ0v) is 10.4. The minimum Gasteiger partial charge on any atom is -0.375 e. The number of nitrogens with one attached hydrogen (secondary N) is 1. The SMILES string of the molecule is C[C@@H]1[C@H]2C[C@H](C/C2=N/NC(N)=S)C1(C)C. The molecule has 2 saturated carbocycles. The molecule has 3 nitrogen and oxygen atoms in total. The van der Waals surface area contributed by atoms with Gasteiger partial charge in [-0.2, -0.15) is 5.10 Å². The fraction of sp³-hybridized carbons (Fsp3) is 0.818. The second-order valence-electron chi connectivity index (χ2n) is 5.43. The minimum atomic E-state index is 0.261. The fourth-order valence-corrected chi connectivity index (χ4v) is 3.18. The highest BCUT2D eigenvalue weighted by molar-refractivity contribution is 7.80. The van der Waals surface area contributed by atoms with Gasteiger partial charge in [0.25, 0.3) is 0 Å². The molecule has 2 aliphatic carbocycles. The number of fused-ring (bicyclic) bond motifs is 2. The lowest BCUT2D eigenvalue weighted by Crippen LogP contribution is -2.35. The molecule has 3 atom stereocenters. The maximum atomic E-state index is 5.37. The van der Waals surface area contributed by atoms with E-state index >= 15 is 0 Å². The van der Waals surface area contributed by atoms with Crippen molar-refractivity contribution in [1.29, 1.82) is 0 Å². The Morgan fingerprint density at radius 2 is 2.27 bits per heavy atom. The molecule has 0 amide bonds. The topological polar surface area (TPSA) is 50.4 Å². The molecule has 2 fully saturated rings. The highest BCUT2D eigenvalue weighted by Crippen LogP contribution is 2.57. The van der Waals surface area contributed by atoms with E-state index in [4.69, 9.17) is 18.0 Å². The van der Waals surface area contributed by atoms with Crippen LogP contribution in [0.4, 0.5) is 0 Å². The number of thiocarbonyl (C=S) groups is 1. The highest BCUT2D eigenvalue weighted by atomic mass is 32.1. The Hall–Kier alpha value is -0.640. The Morgan fingerprint density at radius 1 is 1.60 bits per heavy atom. The van der Waals surface area contributed by atoms with E-state index in [1.807, 2.05) is 0 Å². The molecule has 3 N–H and O–H groups in total. The molecule has 0 unspecified atom stereocenters. The fourth-order valence-electron chi connectivity index (χ4n) is 3.13. The van der Waals surface area contributed by atoms with Crippen molar-refractivity contribution in [3.63, 3.8) is 0 Å². The molecule has 0 aliphatic heterocycles. The van der Waals surface area contributed by atoms with Gasteiger partial charge in [0.1, 0.15) is 0 Å². The van der Waals surface area contributed by atoms with E-state index in [1.165, 1.54) is 12.1 Å². The van der Waals surface area contributed by atoms with Crippen LogP contribution in [0.25, 0.3) is 0 Å². The van der Waals surface area contributed by atoms with Gasteiger partial charge in [0.2, 0.25) is 0 Å².